The van der Waals surface area contributed by atoms with Gasteiger partial charge in [0.1, 0.15) is 5.54 Å². The van der Waals surface area contributed by atoms with Crippen LogP contribution in [-0.2, 0) is 23.3 Å². The lowest BCUT2D eigenvalue weighted by Crippen LogP contribution is -2.40. The third-order valence-corrected chi connectivity index (χ3v) is 6.19. The van der Waals surface area contributed by atoms with E-state index < -0.39 is 11.6 Å². The fourth-order valence-corrected chi connectivity index (χ4v) is 4.49. The molecule has 1 fully saturated rings. The zero-order valence-electron chi connectivity index (χ0n) is 15.2. The molecule has 5 nitrogen and oxygen atoms in total. The van der Waals surface area contributed by atoms with Crippen LogP contribution < -0.4 is 5.32 Å². The molecule has 1 atom stereocenters. The minimum atomic E-state index is -1.08. The van der Waals surface area contributed by atoms with Gasteiger partial charge in [0.05, 0.1) is 17.2 Å². The number of nitrogens with zero attached hydrogens (tertiary/aromatic N) is 2. The molecule has 1 unspecified atom stereocenters. The number of imide groups is 1. The molecule has 1 saturated heterocycles. The molecule has 3 aromatic rings. The highest BCUT2D eigenvalue weighted by atomic mass is 79.9. The van der Waals surface area contributed by atoms with E-state index in [1.807, 2.05) is 47.8 Å². The summed E-state index contributed by atoms with van der Waals surface area (Å²) in [6, 6.07) is 17.1. The summed E-state index contributed by atoms with van der Waals surface area (Å²) in [6.45, 7) is 1.90. The van der Waals surface area contributed by atoms with Crippen molar-refractivity contribution in [1.82, 2.24) is 15.2 Å². The number of aromatic nitrogens is 1. The Morgan fingerprint density at radius 3 is 2.68 bits per heavy atom. The number of halogens is 1. The van der Waals surface area contributed by atoms with E-state index in [1.54, 1.807) is 18.3 Å². The van der Waals surface area contributed by atoms with Gasteiger partial charge in [-0.3, -0.25) is 9.69 Å². The lowest BCUT2D eigenvalue weighted by Gasteiger charge is -2.22. The Balaban J connectivity index is 1.51. The van der Waals surface area contributed by atoms with Crippen LogP contribution in [0, 0.1) is 0 Å². The number of carbonyl (C=O) groups excluding carboxylic acids is 2. The molecule has 1 aliphatic heterocycles. The summed E-state index contributed by atoms with van der Waals surface area (Å²) >= 11 is 4.96. The van der Waals surface area contributed by atoms with E-state index in [2.05, 4.69) is 38.4 Å². The molecular formula is C21H18BrN3O2S. The average Bonchev–Trinajstić information content (AvgIpc) is 3.21. The number of hydrogen-bond acceptors (Lipinski definition) is 4. The molecule has 0 spiro atoms. The second-order valence-electron chi connectivity index (χ2n) is 6.85. The van der Waals surface area contributed by atoms with Crippen LogP contribution in [0.25, 0.3) is 0 Å². The number of benzene rings is 2. The molecule has 2 heterocycles. The Morgan fingerprint density at radius 2 is 1.93 bits per heavy atom. The van der Waals surface area contributed by atoms with Gasteiger partial charge in [-0.1, -0.05) is 58.4 Å². The van der Waals surface area contributed by atoms with Crippen molar-refractivity contribution in [3.05, 3.63) is 86.3 Å². The van der Waals surface area contributed by atoms with Crippen LogP contribution in [0.3, 0.4) is 0 Å². The van der Waals surface area contributed by atoms with E-state index in [-0.39, 0.29) is 12.5 Å². The molecule has 0 saturated carbocycles. The first-order chi connectivity index (χ1) is 13.5. The van der Waals surface area contributed by atoms with Crippen LogP contribution in [0.4, 0.5) is 4.79 Å². The topological polar surface area (TPSA) is 62.3 Å². The number of amides is 3. The van der Waals surface area contributed by atoms with Gasteiger partial charge in [-0.25, -0.2) is 9.78 Å². The highest BCUT2D eigenvalue weighted by molar-refractivity contribution is 9.10. The predicted octanol–water partition coefficient (Wildman–Crippen LogP) is 4.46. The third-order valence-electron chi connectivity index (χ3n) is 4.79. The van der Waals surface area contributed by atoms with Crippen LogP contribution >= 0.6 is 27.3 Å². The molecule has 7 heteroatoms. The van der Waals surface area contributed by atoms with E-state index in [0.717, 1.165) is 27.2 Å². The summed E-state index contributed by atoms with van der Waals surface area (Å²) in [5.41, 5.74) is 1.56. The molecule has 0 aliphatic carbocycles. The number of hydrogen-bond donors (Lipinski definition) is 1. The molecule has 2 aromatic carbocycles. The normalized spacial score (nSPS) is 19.1. The SMILES string of the molecule is CC1(c2cccc(Br)c2)NC(=O)N(Cc2csc(Cc3ccccc3)n2)C1=O. The van der Waals surface area contributed by atoms with Gasteiger partial charge in [0.2, 0.25) is 0 Å². The Morgan fingerprint density at radius 1 is 1.14 bits per heavy atom. The number of nitrogens with one attached hydrogen (secondary N) is 1. The van der Waals surface area contributed by atoms with Crippen LogP contribution in [0.15, 0.2) is 64.5 Å². The minimum absolute atomic E-state index is 0.166. The number of rotatable bonds is 5. The van der Waals surface area contributed by atoms with E-state index in [9.17, 15) is 9.59 Å². The first-order valence-electron chi connectivity index (χ1n) is 8.83. The quantitative estimate of drug-likeness (QED) is 0.577. The molecule has 4 rings (SSSR count). The van der Waals surface area contributed by atoms with Crippen molar-refractivity contribution >= 4 is 39.2 Å². The van der Waals surface area contributed by atoms with Crippen molar-refractivity contribution in [2.24, 2.45) is 0 Å². The van der Waals surface area contributed by atoms with Crippen molar-refractivity contribution in [3.8, 4) is 0 Å². The lowest BCUT2D eigenvalue weighted by atomic mass is 9.92. The molecule has 1 aliphatic rings. The first kappa shape index (κ1) is 18.8. The highest BCUT2D eigenvalue weighted by Crippen LogP contribution is 2.31. The van der Waals surface area contributed by atoms with Gasteiger partial charge in [0.25, 0.3) is 5.91 Å². The number of thiazole rings is 1. The monoisotopic (exact) mass is 455 g/mol. The van der Waals surface area contributed by atoms with E-state index in [1.165, 1.54) is 10.5 Å². The zero-order chi connectivity index (χ0) is 19.7. The van der Waals surface area contributed by atoms with Crippen LogP contribution in [0.2, 0.25) is 0 Å². The highest BCUT2D eigenvalue weighted by Gasteiger charge is 2.49. The van der Waals surface area contributed by atoms with Gasteiger partial charge in [0, 0.05) is 16.3 Å². The van der Waals surface area contributed by atoms with Crippen molar-refractivity contribution in [2.45, 2.75) is 25.4 Å². The van der Waals surface area contributed by atoms with Crippen LogP contribution in [0.5, 0.6) is 0 Å². The Labute approximate surface area is 175 Å². The molecule has 1 aromatic heterocycles. The van der Waals surface area contributed by atoms with Gasteiger partial charge >= 0.3 is 6.03 Å². The van der Waals surface area contributed by atoms with Crippen molar-refractivity contribution in [1.29, 1.82) is 0 Å². The average molecular weight is 456 g/mol. The fraction of sp³-hybridized carbons (Fsp3) is 0.190. The van der Waals surface area contributed by atoms with Crippen LogP contribution in [-0.4, -0.2) is 21.8 Å². The summed E-state index contributed by atoms with van der Waals surface area (Å²) in [7, 11) is 0. The second-order valence-corrected chi connectivity index (χ2v) is 8.71. The molecule has 0 bridgehead atoms. The van der Waals surface area contributed by atoms with E-state index in [4.69, 9.17) is 0 Å². The summed E-state index contributed by atoms with van der Waals surface area (Å²) in [4.78, 5) is 31.4. The summed E-state index contributed by atoms with van der Waals surface area (Å²) < 4.78 is 0.858. The largest absolute Gasteiger partial charge is 0.325 e. The van der Waals surface area contributed by atoms with Crippen LogP contribution in [0.1, 0.15) is 28.8 Å². The summed E-state index contributed by atoms with van der Waals surface area (Å²) in [5.74, 6) is -0.270. The third kappa shape index (κ3) is 3.59. The molecule has 28 heavy (non-hydrogen) atoms. The lowest BCUT2D eigenvalue weighted by molar-refractivity contribution is -0.131. The Hall–Kier alpha value is -2.51. The van der Waals surface area contributed by atoms with Crippen molar-refractivity contribution < 1.29 is 9.59 Å². The standard InChI is InChI=1S/C21H18BrN3O2S/c1-21(15-8-5-9-16(22)11-15)19(26)25(20(27)24-21)12-17-13-28-18(23-17)10-14-6-3-2-4-7-14/h2-9,11,13H,10,12H2,1H3,(H,24,27). The van der Waals surface area contributed by atoms with E-state index >= 15 is 0 Å². The predicted molar refractivity (Wildman–Crippen MR) is 112 cm³/mol. The molecule has 142 valence electrons. The maximum Gasteiger partial charge on any atom is 0.325 e. The molecule has 0 radical (unpaired) electrons. The fourth-order valence-electron chi connectivity index (χ4n) is 3.27. The summed E-state index contributed by atoms with van der Waals surface area (Å²) in [5, 5.41) is 5.70. The molecular weight excluding hydrogens is 438 g/mol. The number of carbonyl (C=O) groups is 2. The Kier molecular flexibility index (Phi) is 5.03. The minimum Gasteiger partial charge on any atom is -0.319 e. The molecule has 1 N–H and O–H groups in total. The Bertz CT molecular complexity index is 1040. The van der Waals surface area contributed by atoms with Crippen molar-refractivity contribution in [2.75, 3.05) is 0 Å². The first-order valence-corrected chi connectivity index (χ1v) is 10.5. The number of urea groups is 1. The van der Waals surface area contributed by atoms with Gasteiger partial charge < -0.3 is 5.32 Å². The molecule has 3 amide bonds. The maximum absolute atomic E-state index is 13.1. The maximum atomic E-state index is 13.1. The van der Waals surface area contributed by atoms with Gasteiger partial charge in [-0.05, 0) is 30.2 Å². The van der Waals surface area contributed by atoms with Gasteiger partial charge in [-0.15, -0.1) is 11.3 Å². The summed E-state index contributed by atoms with van der Waals surface area (Å²) in [6.07, 6.45) is 0.738. The zero-order valence-corrected chi connectivity index (χ0v) is 17.6. The smallest absolute Gasteiger partial charge is 0.319 e. The van der Waals surface area contributed by atoms with Crippen molar-refractivity contribution in [3.63, 3.8) is 0 Å². The van der Waals surface area contributed by atoms with Gasteiger partial charge in [0.15, 0.2) is 0 Å². The van der Waals surface area contributed by atoms with Gasteiger partial charge in [-0.2, -0.15) is 0 Å². The second kappa shape index (κ2) is 7.48. The van der Waals surface area contributed by atoms with E-state index in [0.29, 0.717) is 0 Å².